The Morgan fingerprint density at radius 1 is 0.920 bits per heavy atom. The Balaban J connectivity index is 1.88. The van der Waals surface area contributed by atoms with Crippen LogP contribution in [0.25, 0.3) is 33.5 Å². The first-order valence-electron chi connectivity index (χ1n) is 7.89. The molecule has 4 heteroatoms. The molecule has 0 aliphatic heterocycles. The fourth-order valence-corrected chi connectivity index (χ4v) is 2.84. The van der Waals surface area contributed by atoms with Crippen molar-refractivity contribution in [3.05, 3.63) is 83.2 Å². The number of fused-ring (bicyclic) bond motifs is 1. The van der Waals surface area contributed by atoms with E-state index in [2.05, 4.69) is 4.98 Å². The summed E-state index contributed by atoms with van der Waals surface area (Å²) in [5, 5.41) is 2.14. The summed E-state index contributed by atoms with van der Waals surface area (Å²) < 4.78 is 10.5. The Morgan fingerprint density at radius 2 is 1.68 bits per heavy atom. The smallest absolute Gasteiger partial charge is 0.339 e. The van der Waals surface area contributed by atoms with Crippen LogP contribution in [-0.4, -0.2) is 12.1 Å². The molecule has 1 heterocycles. The SMILES string of the molecule is COc1ccc(-c2nc(-c3cccc4ccccc34)cc(=O)o2)cc1. The van der Waals surface area contributed by atoms with Crippen LogP contribution in [-0.2, 0) is 0 Å². The van der Waals surface area contributed by atoms with E-state index < -0.39 is 5.63 Å². The van der Waals surface area contributed by atoms with Gasteiger partial charge in [0.1, 0.15) is 5.75 Å². The van der Waals surface area contributed by atoms with E-state index in [9.17, 15) is 4.79 Å². The van der Waals surface area contributed by atoms with Gasteiger partial charge in [-0.2, -0.15) is 0 Å². The Kier molecular flexibility index (Phi) is 3.78. The van der Waals surface area contributed by atoms with Crippen LogP contribution in [0.4, 0.5) is 0 Å². The lowest BCUT2D eigenvalue weighted by atomic mass is 10.0. The maximum Gasteiger partial charge on any atom is 0.339 e. The predicted octanol–water partition coefficient (Wildman–Crippen LogP) is 4.53. The minimum absolute atomic E-state index is 0.290. The fourth-order valence-electron chi connectivity index (χ4n) is 2.84. The fraction of sp³-hybridized carbons (Fsp3) is 0.0476. The normalized spacial score (nSPS) is 10.8. The highest BCUT2D eigenvalue weighted by molar-refractivity contribution is 5.95. The van der Waals surface area contributed by atoms with Crippen LogP contribution >= 0.6 is 0 Å². The summed E-state index contributed by atoms with van der Waals surface area (Å²) in [7, 11) is 1.61. The third-order valence-corrected chi connectivity index (χ3v) is 4.08. The molecular weight excluding hydrogens is 314 g/mol. The van der Waals surface area contributed by atoms with E-state index in [1.54, 1.807) is 7.11 Å². The highest BCUT2D eigenvalue weighted by Gasteiger charge is 2.11. The van der Waals surface area contributed by atoms with Crippen LogP contribution in [0, 0.1) is 0 Å². The Bertz CT molecular complexity index is 1090. The number of nitrogens with zero attached hydrogens (tertiary/aromatic N) is 1. The van der Waals surface area contributed by atoms with Gasteiger partial charge in [-0.3, -0.25) is 0 Å². The van der Waals surface area contributed by atoms with E-state index in [0.717, 1.165) is 27.6 Å². The molecule has 4 aromatic rings. The van der Waals surface area contributed by atoms with Gasteiger partial charge in [0, 0.05) is 11.1 Å². The number of rotatable bonds is 3. The molecule has 0 saturated heterocycles. The van der Waals surface area contributed by atoms with Crippen molar-refractivity contribution in [3.63, 3.8) is 0 Å². The van der Waals surface area contributed by atoms with Gasteiger partial charge < -0.3 is 9.15 Å². The summed E-state index contributed by atoms with van der Waals surface area (Å²) in [5.74, 6) is 1.02. The van der Waals surface area contributed by atoms with Crippen molar-refractivity contribution in [1.29, 1.82) is 0 Å². The second-order valence-electron chi connectivity index (χ2n) is 5.62. The summed E-state index contributed by atoms with van der Waals surface area (Å²) in [4.78, 5) is 16.7. The molecule has 1 aromatic heterocycles. The standard InChI is InChI=1S/C21H15NO3/c1-24-16-11-9-15(10-12-16)21-22-19(13-20(23)25-21)18-8-4-6-14-5-2-3-7-17(14)18/h2-13H,1H3. The molecular formula is C21H15NO3. The molecule has 0 fully saturated rings. The average molecular weight is 329 g/mol. The van der Waals surface area contributed by atoms with Crippen molar-refractivity contribution in [3.8, 4) is 28.5 Å². The first kappa shape index (κ1) is 15.1. The monoisotopic (exact) mass is 329 g/mol. The quantitative estimate of drug-likeness (QED) is 0.554. The van der Waals surface area contributed by atoms with E-state index in [4.69, 9.17) is 9.15 Å². The molecule has 0 radical (unpaired) electrons. The average Bonchev–Trinajstić information content (AvgIpc) is 2.67. The first-order valence-corrected chi connectivity index (χ1v) is 7.89. The second kappa shape index (κ2) is 6.24. The van der Waals surface area contributed by atoms with Crippen molar-refractivity contribution >= 4 is 10.8 Å². The Labute approximate surface area is 144 Å². The van der Waals surface area contributed by atoms with Gasteiger partial charge in [-0.1, -0.05) is 42.5 Å². The minimum atomic E-state index is -0.427. The van der Waals surface area contributed by atoms with Crippen LogP contribution in [0.3, 0.4) is 0 Å². The highest BCUT2D eigenvalue weighted by Crippen LogP contribution is 2.28. The van der Waals surface area contributed by atoms with E-state index in [0.29, 0.717) is 5.69 Å². The molecule has 0 spiro atoms. The van der Waals surface area contributed by atoms with E-state index in [1.807, 2.05) is 66.7 Å². The van der Waals surface area contributed by atoms with Gasteiger partial charge in [0.05, 0.1) is 18.9 Å². The number of ether oxygens (including phenoxy) is 1. The summed E-state index contributed by atoms with van der Waals surface area (Å²) in [6, 6.07) is 22.6. The Hall–Kier alpha value is -3.40. The third kappa shape index (κ3) is 2.90. The van der Waals surface area contributed by atoms with Gasteiger partial charge in [-0.25, -0.2) is 9.78 Å². The molecule has 0 N–H and O–H groups in total. The molecule has 0 unspecified atom stereocenters. The largest absolute Gasteiger partial charge is 0.497 e. The Morgan fingerprint density at radius 3 is 2.48 bits per heavy atom. The number of hydrogen-bond acceptors (Lipinski definition) is 4. The summed E-state index contributed by atoms with van der Waals surface area (Å²) in [6.07, 6.45) is 0. The number of benzene rings is 3. The zero-order valence-electron chi connectivity index (χ0n) is 13.6. The van der Waals surface area contributed by atoms with Crippen molar-refractivity contribution < 1.29 is 9.15 Å². The van der Waals surface area contributed by atoms with Crippen LogP contribution < -0.4 is 10.4 Å². The number of aromatic nitrogens is 1. The van der Waals surface area contributed by atoms with Gasteiger partial charge in [0.25, 0.3) is 0 Å². The third-order valence-electron chi connectivity index (χ3n) is 4.08. The van der Waals surface area contributed by atoms with Crippen LogP contribution in [0.1, 0.15) is 0 Å². The van der Waals surface area contributed by atoms with Gasteiger partial charge in [-0.05, 0) is 35.0 Å². The maximum absolute atomic E-state index is 12.1. The zero-order chi connectivity index (χ0) is 17.2. The van der Waals surface area contributed by atoms with E-state index in [-0.39, 0.29) is 5.89 Å². The van der Waals surface area contributed by atoms with E-state index >= 15 is 0 Å². The molecule has 0 amide bonds. The van der Waals surface area contributed by atoms with Crippen molar-refractivity contribution in [2.24, 2.45) is 0 Å². The zero-order valence-corrected chi connectivity index (χ0v) is 13.6. The second-order valence-corrected chi connectivity index (χ2v) is 5.62. The molecule has 122 valence electrons. The van der Waals surface area contributed by atoms with Crippen LogP contribution in [0.5, 0.6) is 5.75 Å². The molecule has 25 heavy (non-hydrogen) atoms. The van der Waals surface area contributed by atoms with Gasteiger partial charge >= 0.3 is 5.63 Å². The predicted molar refractivity (Wildman–Crippen MR) is 97.7 cm³/mol. The summed E-state index contributed by atoms with van der Waals surface area (Å²) in [6.45, 7) is 0. The minimum Gasteiger partial charge on any atom is -0.497 e. The lowest BCUT2D eigenvalue weighted by molar-refractivity contribution is 0.415. The lowest BCUT2D eigenvalue weighted by Gasteiger charge is -2.07. The highest BCUT2D eigenvalue weighted by atomic mass is 16.5. The van der Waals surface area contributed by atoms with Crippen molar-refractivity contribution in [2.45, 2.75) is 0 Å². The molecule has 0 aliphatic carbocycles. The molecule has 4 rings (SSSR count). The molecule has 3 aromatic carbocycles. The van der Waals surface area contributed by atoms with Gasteiger partial charge in [0.15, 0.2) is 0 Å². The number of hydrogen-bond donors (Lipinski definition) is 0. The topological polar surface area (TPSA) is 52.3 Å². The molecule has 0 bridgehead atoms. The summed E-state index contributed by atoms with van der Waals surface area (Å²) in [5.41, 5.74) is 1.79. The molecule has 4 nitrogen and oxygen atoms in total. The molecule has 0 aliphatic rings. The van der Waals surface area contributed by atoms with Crippen molar-refractivity contribution in [2.75, 3.05) is 7.11 Å². The van der Waals surface area contributed by atoms with E-state index in [1.165, 1.54) is 6.07 Å². The van der Waals surface area contributed by atoms with Crippen molar-refractivity contribution in [1.82, 2.24) is 4.98 Å². The molecule has 0 saturated carbocycles. The van der Waals surface area contributed by atoms with Gasteiger partial charge in [0.2, 0.25) is 5.89 Å². The van der Waals surface area contributed by atoms with Crippen LogP contribution in [0.15, 0.2) is 82.0 Å². The van der Waals surface area contributed by atoms with Gasteiger partial charge in [-0.15, -0.1) is 0 Å². The molecule has 0 atom stereocenters. The first-order chi connectivity index (χ1) is 12.2. The maximum atomic E-state index is 12.1. The lowest BCUT2D eigenvalue weighted by Crippen LogP contribution is -2.02. The summed E-state index contributed by atoms with van der Waals surface area (Å²) >= 11 is 0. The number of methoxy groups -OCH3 is 1. The van der Waals surface area contributed by atoms with Crippen LogP contribution in [0.2, 0.25) is 0 Å².